The standard InChI is InChI=1S/C26H34O8/c1-6-17(28)15-12-20(30)34-25-21(15)24-16(23(31)22(25)18(29)10-13(2)3)11-19(33-24)26(5,32)9-7-8-14(4)27/h7-8,12-14,17,19,27-28,31-32H,6,9-11H2,1-5H3/b8-7+. The third-order valence-corrected chi connectivity index (χ3v) is 6.15. The van der Waals surface area contributed by atoms with Crippen molar-refractivity contribution in [1.29, 1.82) is 0 Å². The number of benzene rings is 1. The third kappa shape index (κ3) is 5.04. The van der Waals surface area contributed by atoms with Crippen LogP contribution in [0.3, 0.4) is 0 Å². The Morgan fingerprint density at radius 2 is 1.97 bits per heavy atom. The Labute approximate surface area is 198 Å². The van der Waals surface area contributed by atoms with Crippen LogP contribution in [0.4, 0.5) is 0 Å². The Kier molecular flexibility index (Phi) is 7.55. The molecule has 1 aliphatic heterocycles. The van der Waals surface area contributed by atoms with Gasteiger partial charge in [-0.1, -0.05) is 32.9 Å². The molecule has 1 aliphatic rings. The average Bonchev–Trinajstić information content (AvgIpc) is 3.18. The zero-order valence-electron chi connectivity index (χ0n) is 20.3. The fraction of sp³-hybridized carbons (Fsp3) is 0.538. The van der Waals surface area contributed by atoms with Crippen LogP contribution in [-0.2, 0) is 6.42 Å². The average molecular weight is 475 g/mol. The minimum absolute atomic E-state index is 0.00298. The molecule has 186 valence electrons. The van der Waals surface area contributed by atoms with Gasteiger partial charge in [-0.3, -0.25) is 4.79 Å². The number of rotatable bonds is 9. The van der Waals surface area contributed by atoms with Crippen LogP contribution >= 0.6 is 0 Å². The molecule has 34 heavy (non-hydrogen) atoms. The summed E-state index contributed by atoms with van der Waals surface area (Å²) in [6.45, 7) is 8.66. The summed E-state index contributed by atoms with van der Waals surface area (Å²) in [5.41, 5.74) is -1.78. The summed E-state index contributed by atoms with van der Waals surface area (Å²) < 4.78 is 11.5. The van der Waals surface area contributed by atoms with E-state index in [0.29, 0.717) is 12.0 Å². The minimum Gasteiger partial charge on any atom is -0.507 e. The van der Waals surface area contributed by atoms with Gasteiger partial charge in [0.2, 0.25) is 0 Å². The molecule has 4 N–H and O–H groups in total. The molecule has 0 bridgehead atoms. The molecule has 0 fully saturated rings. The summed E-state index contributed by atoms with van der Waals surface area (Å²) in [7, 11) is 0. The minimum atomic E-state index is -1.37. The lowest BCUT2D eigenvalue weighted by Gasteiger charge is -2.28. The maximum atomic E-state index is 13.1. The Bertz CT molecular complexity index is 1160. The van der Waals surface area contributed by atoms with Crippen molar-refractivity contribution in [2.45, 2.75) is 84.2 Å². The topological polar surface area (TPSA) is 137 Å². The molecule has 4 unspecified atom stereocenters. The number of Topliss-reactive ketones (excluding diaryl/α,β-unsaturated/α-hetero) is 1. The predicted octanol–water partition coefficient (Wildman–Crippen LogP) is 3.55. The van der Waals surface area contributed by atoms with E-state index in [0.717, 1.165) is 0 Å². The van der Waals surface area contributed by atoms with E-state index < -0.39 is 29.5 Å². The summed E-state index contributed by atoms with van der Waals surface area (Å²) in [4.78, 5) is 25.5. The molecular weight excluding hydrogens is 440 g/mol. The van der Waals surface area contributed by atoms with E-state index in [1.807, 2.05) is 13.8 Å². The van der Waals surface area contributed by atoms with Crippen LogP contribution in [-0.4, -0.2) is 44.0 Å². The van der Waals surface area contributed by atoms with Crippen molar-refractivity contribution in [1.82, 2.24) is 0 Å². The number of carbonyl (C=O) groups is 1. The van der Waals surface area contributed by atoms with Gasteiger partial charge in [-0.25, -0.2) is 4.79 Å². The molecule has 0 saturated heterocycles. The van der Waals surface area contributed by atoms with Gasteiger partial charge < -0.3 is 29.6 Å². The maximum Gasteiger partial charge on any atom is 0.336 e. The molecular formula is C26H34O8. The highest BCUT2D eigenvalue weighted by molar-refractivity contribution is 6.11. The quantitative estimate of drug-likeness (QED) is 0.246. The smallest absolute Gasteiger partial charge is 0.336 e. The van der Waals surface area contributed by atoms with Gasteiger partial charge in [0.15, 0.2) is 11.4 Å². The van der Waals surface area contributed by atoms with Gasteiger partial charge >= 0.3 is 5.63 Å². The number of fused-ring (bicyclic) bond motifs is 3. The summed E-state index contributed by atoms with van der Waals surface area (Å²) in [5.74, 6) is -0.541. The summed E-state index contributed by atoms with van der Waals surface area (Å²) >= 11 is 0. The number of aliphatic hydroxyl groups is 3. The summed E-state index contributed by atoms with van der Waals surface area (Å²) in [6.07, 6.45) is 1.43. The van der Waals surface area contributed by atoms with Gasteiger partial charge in [-0.05, 0) is 32.6 Å². The lowest BCUT2D eigenvalue weighted by molar-refractivity contribution is -0.0352. The molecule has 1 aromatic carbocycles. The fourth-order valence-electron chi connectivity index (χ4n) is 4.32. The van der Waals surface area contributed by atoms with E-state index in [-0.39, 0.29) is 64.6 Å². The van der Waals surface area contributed by atoms with Gasteiger partial charge in [0.25, 0.3) is 0 Å². The van der Waals surface area contributed by atoms with Gasteiger partial charge in [-0.15, -0.1) is 0 Å². The van der Waals surface area contributed by atoms with Crippen LogP contribution < -0.4 is 10.4 Å². The van der Waals surface area contributed by atoms with Crippen molar-refractivity contribution in [2.75, 3.05) is 0 Å². The second-order valence-electron chi connectivity index (χ2n) is 9.74. The van der Waals surface area contributed by atoms with Crippen LogP contribution in [0.1, 0.15) is 81.5 Å². The summed E-state index contributed by atoms with van der Waals surface area (Å²) in [6, 6.07) is 1.17. The maximum absolute atomic E-state index is 13.1. The number of hydrogen-bond donors (Lipinski definition) is 4. The fourth-order valence-corrected chi connectivity index (χ4v) is 4.32. The lowest BCUT2D eigenvalue weighted by atomic mass is 9.88. The third-order valence-electron chi connectivity index (χ3n) is 6.15. The first-order valence-corrected chi connectivity index (χ1v) is 11.7. The van der Waals surface area contributed by atoms with Gasteiger partial charge in [-0.2, -0.15) is 0 Å². The Morgan fingerprint density at radius 1 is 1.29 bits per heavy atom. The number of hydrogen-bond acceptors (Lipinski definition) is 8. The molecule has 1 aromatic heterocycles. The number of aromatic hydroxyl groups is 1. The largest absolute Gasteiger partial charge is 0.507 e. The van der Waals surface area contributed by atoms with Crippen molar-refractivity contribution >= 4 is 16.8 Å². The first kappa shape index (κ1) is 25.9. The van der Waals surface area contributed by atoms with E-state index in [9.17, 15) is 30.0 Å². The van der Waals surface area contributed by atoms with E-state index >= 15 is 0 Å². The van der Waals surface area contributed by atoms with Gasteiger partial charge in [0, 0.05) is 30.0 Å². The molecule has 2 heterocycles. The highest BCUT2D eigenvalue weighted by Crippen LogP contribution is 2.49. The molecule has 3 rings (SSSR count). The molecule has 0 amide bonds. The number of ether oxygens (including phenoxy) is 1. The van der Waals surface area contributed by atoms with Crippen LogP contribution in [0.25, 0.3) is 11.0 Å². The molecule has 0 radical (unpaired) electrons. The monoisotopic (exact) mass is 474 g/mol. The molecule has 8 heteroatoms. The van der Waals surface area contributed by atoms with Gasteiger partial charge in [0.05, 0.1) is 17.6 Å². The van der Waals surface area contributed by atoms with Crippen molar-refractivity contribution in [3.63, 3.8) is 0 Å². The van der Waals surface area contributed by atoms with Crippen molar-refractivity contribution in [3.05, 3.63) is 45.3 Å². The molecule has 0 aliphatic carbocycles. The Hall–Kier alpha value is -2.68. The number of carbonyl (C=O) groups excluding carboxylic acids is 1. The lowest BCUT2D eigenvalue weighted by Crippen LogP contribution is -2.42. The SMILES string of the molecule is CCC(O)c1cc(=O)oc2c(C(=O)CC(C)C)c(O)c3c(c12)OC(C(C)(O)C/C=C/C(C)O)C3. The zero-order chi connectivity index (χ0) is 25.4. The van der Waals surface area contributed by atoms with E-state index in [2.05, 4.69) is 0 Å². The van der Waals surface area contributed by atoms with Crippen molar-refractivity contribution < 1.29 is 34.4 Å². The van der Waals surface area contributed by atoms with Crippen LogP contribution in [0.5, 0.6) is 11.5 Å². The van der Waals surface area contributed by atoms with E-state index in [1.165, 1.54) is 6.07 Å². The van der Waals surface area contributed by atoms with Crippen molar-refractivity contribution in [3.8, 4) is 11.5 Å². The number of phenols is 1. The van der Waals surface area contributed by atoms with Crippen LogP contribution in [0.2, 0.25) is 0 Å². The van der Waals surface area contributed by atoms with E-state index in [4.69, 9.17) is 9.15 Å². The highest BCUT2D eigenvalue weighted by Gasteiger charge is 2.42. The molecule has 4 atom stereocenters. The summed E-state index contributed by atoms with van der Waals surface area (Å²) in [5, 5.41) is 42.6. The van der Waals surface area contributed by atoms with Crippen molar-refractivity contribution in [2.24, 2.45) is 5.92 Å². The Balaban J connectivity index is 2.24. The number of phenolic OH excluding ortho intramolecular Hbond substituents is 1. The second kappa shape index (κ2) is 9.90. The van der Waals surface area contributed by atoms with Gasteiger partial charge in [0.1, 0.15) is 28.8 Å². The number of ketones is 1. The number of aliphatic hydroxyl groups excluding tert-OH is 2. The highest BCUT2D eigenvalue weighted by atomic mass is 16.5. The second-order valence-corrected chi connectivity index (χ2v) is 9.74. The van der Waals surface area contributed by atoms with E-state index in [1.54, 1.807) is 32.9 Å². The predicted molar refractivity (Wildman–Crippen MR) is 127 cm³/mol. The normalized spacial score (nSPS) is 19.3. The Morgan fingerprint density at radius 3 is 2.56 bits per heavy atom. The zero-order valence-corrected chi connectivity index (χ0v) is 20.3. The molecule has 0 spiro atoms. The first-order chi connectivity index (χ1) is 15.9. The molecule has 0 saturated carbocycles. The molecule has 2 aromatic rings. The molecule has 8 nitrogen and oxygen atoms in total. The van der Waals surface area contributed by atoms with Crippen LogP contribution in [0.15, 0.2) is 27.4 Å². The van der Waals surface area contributed by atoms with Crippen LogP contribution in [0, 0.1) is 5.92 Å². The first-order valence-electron chi connectivity index (χ1n) is 11.7.